The maximum Gasteiger partial charge on any atom is 0.260 e. The van der Waals surface area contributed by atoms with Gasteiger partial charge in [0.1, 0.15) is 17.4 Å². The number of ether oxygens (including phenoxy) is 1. The summed E-state index contributed by atoms with van der Waals surface area (Å²) < 4.78 is 33.3. The topological polar surface area (TPSA) is 29.5 Å². The van der Waals surface area contributed by atoms with Crippen LogP contribution in [0.5, 0.6) is 5.75 Å². The van der Waals surface area contributed by atoms with Gasteiger partial charge in [0.05, 0.1) is 0 Å². The zero-order chi connectivity index (χ0) is 21.6. The smallest absolute Gasteiger partial charge is 0.260 e. The fourth-order valence-electron chi connectivity index (χ4n) is 3.64. The van der Waals surface area contributed by atoms with E-state index in [1.165, 1.54) is 6.07 Å². The molecule has 1 unspecified atom stereocenters. The van der Waals surface area contributed by atoms with Gasteiger partial charge >= 0.3 is 0 Å². The lowest BCUT2D eigenvalue weighted by Gasteiger charge is -2.20. The van der Waals surface area contributed by atoms with Crippen molar-refractivity contribution in [1.82, 2.24) is 4.90 Å². The zero-order valence-electron chi connectivity index (χ0n) is 17.0. The largest absolute Gasteiger partial charge is 0.484 e. The molecular weight excluding hydrogens is 416 g/mol. The minimum Gasteiger partial charge on any atom is -0.484 e. The second-order valence-electron chi connectivity index (χ2n) is 7.37. The highest BCUT2D eigenvalue weighted by Crippen LogP contribution is 2.36. The number of rotatable bonds is 5. The SMILES string of the molecule is O=C(COc1ccc(-c2ccccc2)cc1)N1CCSC(c2cc(F)ccc2F)CC1. The first-order chi connectivity index (χ1) is 15.1. The summed E-state index contributed by atoms with van der Waals surface area (Å²) in [6.45, 7) is 1.00. The molecule has 1 saturated heterocycles. The van der Waals surface area contributed by atoms with Crippen LogP contribution in [-0.2, 0) is 4.79 Å². The summed E-state index contributed by atoms with van der Waals surface area (Å²) in [5.74, 6) is 0.352. The first-order valence-electron chi connectivity index (χ1n) is 10.2. The van der Waals surface area contributed by atoms with Crippen LogP contribution in [0.1, 0.15) is 17.2 Å². The molecule has 1 aliphatic rings. The third kappa shape index (κ3) is 5.44. The number of amides is 1. The molecule has 1 fully saturated rings. The van der Waals surface area contributed by atoms with E-state index in [4.69, 9.17) is 4.74 Å². The van der Waals surface area contributed by atoms with E-state index >= 15 is 0 Å². The molecule has 0 spiro atoms. The normalized spacial score (nSPS) is 16.6. The molecule has 0 aromatic heterocycles. The molecule has 0 radical (unpaired) electrons. The predicted molar refractivity (Wildman–Crippen MR) is 120 cm³/mol. The van der Waals surface area contributed by atoms with Crippen molar-refractivity contribution in [2.24, 2.45) is 0 Å². The lowest BCUT2D eigenvalue weighted by Crippen LogP contribution is -2.36. The Morgan fingerprint density at radius 2 is 1.71 bits per heavy atom. The first kappa shape index (κ1) is 21.4. The highest BCUT2D eigenvalue weighted by atomic mass is 32.2. The molecule has 0 N–H and O–H groups in total. The Bertz CT molecular complexity index is 1030. The average Bonchev–Trinajstić information content (AvgIpc) is 3.06. The molecule has 1 aliphatic heterocycles. The van der Waals surface area contributed by atoms with Crippen molar-refractivity contribution in [3.8, 4) is 16.9 Å². The van der Waals surface area contributed by atoms with Gasteiger partial charge in [-0.1, -0.05) is 42.5 Å². The maximum atomic E-state index is 14.1. The summed E-state index contributed by atoms with van der Waals surface area (Å²) in [6.07, 6.45) is 0.572. The molecule has 1 amide bonds. The Labute approximate surface area is 185 Å². The number of carbonyl (C=O) groups is 1. The monoisotopic (exact) mass is 439 g/mol. The van der Waals surface area contributed by atoms with Crippen LogP contribution in [-0.4, -0.2) is 36.3 Å². The summed E-state index contributed by atoms with van der Waals surface area (Å²) in [7, 11) is 0. The van der Waals surface area contributed by atoms with Gasteiger partial charge in [0.2, 0.25) is 0 Å². The molecule has 160 valence electrons. The van der Waals surface area contributed by atoms with E-state index in [2.05, 4.69) is 0 Å². The summed E-state index contributed by atoms with van der Waals surface area (Å²) in [5.41, 5.74) is 2.57. The lowest BCUT2D eigenvalue weighted by molar-refractivity contribution is -0.133. The molecule has 31 heavy (non-hydrogen) atoms. The third-order valence-corrected chi connectivity index (χ3v) is 6.63. The summed E-state index contributed by atoms with van der Waals surface area (Å²) in [6, 6.07) is 21.2. The molecule has 0 saturated carbocycles. The number of benzene rings is 3. The molecule has 6 heteroatoms. The van der Waals surface area contributed by atoms with Gasteiger partial charge in [0.15, 0.2) is 6.61 Å². The Morgan fingerprint density at radius 3 is 2.48 bits per heavy atom. The van der Waals surface area contributed by atoms with Crippen LogP contribution in [0, 0.1) is 11.6 Å². The number of thioether (sulfide) groups is 1. The van der Waals surface area contributed by atoms with E-state index in [-0.39, 0.29) is 17.8 Å². The molecule has 0 aliphatic carbocycles. The highest BCUT2D eigenvalue weighted by Gasteiger charge is 2.24. The van der Waals surface area contributed by atoms with Crippen molar-refractivity contribution in [3.05, 3.63) is 90.0 Å². The maximum absolute atomic E-state index is 14.1. The minimum absolute atomic E-state index is 0.0473. The number of hydrogen-bond donors (Lipinski definition) is 0. The van der Waals surface area contributed by atoms with E-state index in [1.807, 2.05) is 54.6 Å². The van der Waals surface area contributed by atoms with Gasteiger partial charge in [-0.15, -0.1) is 0 Å². The van der Waals surface area contributed by atoms with Gasteiger partial charge in [-0.25, -0.2) is 8.78 Å². The fourth-order valence-corrected chi connectivity index (χ4v) is 4.88. The van der Waals surface area contributed by atoms with Gasteiger partial charge in [-0.05, 0) is 47.9 Å². The van der Waals surface area contributed by atoms with Crippen molar-refractivity contribution in [1.29, 1.82) is 0 Å². The molecule has 1 heterocycles. The van der Waals surface area contributed by atoms with Gasteiger partial charge in [0, 0.05) is 29.7 Å². The van der Waals surface area contributed by atoms with Crippen LogP contribution in [0.15, 0.2) is 72.8 Å². The Balaban J connectivity index is 1.31. The lowest BCUT2D eigenvalue weighted by atomic mass is 10.1. The van der Waals surface area contributed by atoms with Crippen molar-refractivity contribution < 1.29 is 18.3 Å². The predicted octanol–water partition coefficient (Wildman–Crippen LogP) is 5.72. The molecule has 4 rings (SSSR count). The van der Waals surface area contributed by atoms with Crippen molar-refractivity contribution in [3.63, 3.8) is 0 Å². The van der Waals surface area contributed by atoms with Gasteiger partial charge < -0.3 is 9.64 Å². The van der Waals surface area contributed by atoms with Crippen LogP contribution < -0.4 is 4.74 Å². The molecule has 3 nitrogen and oxygen atoms in total. The van der Waals surface area contributed by atoms with E-state index in [0.717, 1.165) is 23.3 Å². The molecule has 3 aromatic rings. The van der Waals surface area contributed by atoms with Crippen molar-refractivity contribution in [2.75, 3.05) is 25.4 Å². The van der Waals surface area contributed by atoms with E-state index in [0.29, 0.717) is 36.6 Å². The second-order valence-corrected chi connectivity index (χ2v) is 8.68. The summed E-state index contributed by atoms with van der Waals surface area (Å²) in [4.78, 5) is 14.4. The average molecular weight is 440 g/mol. The highest BCUT2D eigenvalue weighted by molar-refractivity contribution is 7.99. The summed E-state index contributed by atoms with van der Waals surface area (Å²) >= 11 is 1.55. The Hall–Kier alpha value is -2.86. The number of nitrogens with zero attached hydrogens (tertiary/aromatic N) is 1. The number of halogens is 2. The van der Waals surface area contributed by atoms with Crippen molar-refractivity contribution in [2.45, 2.75) is 11.7 Å². The molecule has 1 atom stereocenters. The van der Waals surface area contributed by atoms with Gasteiger partial charge in [0.25, 0.3) is 5.91 Å². The van der Waals surface area contributed by atoms with E-state index in [1.54, 1.807) is 16.7 Å². The number of carbonyl (C=O) groups excluding carboxylic acids is 1. The standard InChI is InChI=1S/C25H23F2NO2S/c26-20-8-11-23(27)22(16-20)24-12-13-28(14-15-31-24)25(29)17-30-21-9-6-19(7-10-21)18-4-2-1-3-5-18/h1-11,16,24H,12-15,17H2. The zero-order valence-corrected chi connectivity index (χ0v) is 17.8. The Morgan fingerprint density at radius 1 is 0.968 bits per heavy atom. The van der Waals surface area contributed by atoms with Gasteiger partial charge in [-0.2, -0.15) is 11.8 Å². The second kappa shape index (κ2) is 9.96. The van der Waals surface area contributed by atoms with Crippen molar-refractivity contribution >= 4 is 17.7 Å². The quantitative estimate of drug-likeness (QED) is 0.509. The van der Waals surface area contributed by atoms with Crippen LogP contribution in [0.25, 0.3) is 11.1 Å². The Kier molecular flexibility index (Phi) is 6.87. The van der Waals surface area contributed by atoms with Crippen LogP contribution >= 0.6 is 11.8 Å². The van der Waals surface area contributed by atoms with Crippen LogP contribution in [0.2, 0.25) is 0 Å². The molecule has 0 bridgehead atoms. The van der Waals surface area contributed by atoms with Crippen LogP contribution in [0.4, 0.5) is 8.78 Å². The first-order valence-corrected chi connectivity index (χ1v) is 11.3. The van der Waals surface area contributed by atoms with E-state index < -0.39 is 11.6 Å². The van der Waals surface area contributed by atoms with Crippen LogP contribution in [0.3, 0.4) is 0 Å². The number of hydrogen-bond acceptors (Lipinski definition) is 3. The van der Waals surface area contributed by atoms with Gasteiger partial charge in [-0.3, -0.25) is 4.79 Å². The third-order valence-electron chi connectivity index (χ3n) is 5.32. The minimum atomic E-state index is -0.444. The fraction of sp³-hybridized carbons (Fsp3) is 0.240. The molecule has 3 aromatic carbocycles. The molecular formula is C25H23F2NO2S. The van der Waals surface area contributed by atoms with E-state index in [9.17, 15) is 13.6 Å². The summed E-state index contributed by atoms with van der Waals surface area (Å²) in [5, 5.41) is -0.167.